The van der Waals surface area contributed by atoms with Crippen LogP contribution in [0.25, 0.3) is 0 Å². The molecule has 3 unspecified atom stereocenters. The Hall–Kier alpha value is -0.120. The van der Waals surface area contributed by atoms with Crippen molar-refractivity contribution in [2.24, 2.45) is 11.3 Å². The first-order chi connectivity index (χ1) is 7.71. The largest absolute Gasteiger partial charge is 0.393 e. The van der Waals surface area contributed by atoms with E-state index in [0.29, 0.717) is 5.92 Å². The molecule has 0 spiro atoms. The van der Waals surface area contributed by atoms with E-state index in [-0.39, 0.29) is 11.5 Å². The maximum Gasteiger partial charge on any atom is 0.0605 e. The highest BCUT2D eigenvalue weighted by Gasteiger charge is 2.35. The third kappa shape index (κ3) is 2.96. The molecule has 0 radical (unpaired) electrons. The first-order valence-electron chi connectivity index (χ1n) is 6.67. The van der Waals surface area contributed by atoms with Gasteiger partial charge in [-0.2, -0.15) is 0 Å². The van der Waals surface area contributed by atoms with Gasteiger partial charge in [0.1, 0.15) is 0 Å². The van der Waals surface area contributed by atoms with E-state index in [0.717, 1.165) is 39.1 Å². The Morgan fingerprint density at radius 1 is 1.38 bits per heavy atom. The molecule has 0 aromatic carbocycles. The first-order valence-corrected chi connectivity index (χ1v) is 6.67. The molecule has 94 valence electrons. The second-order valence-corrected chi connectivity index (χ2v) is 5.78. The van der Waals surface area contributed by atoms with Gasteiger partial charge in [-0.3, -0.25) is 0 Å². The molecule has 1 saturated heterocycles. The second kappa shape index (κ2) is 5.48. The van der Waals surface area contributed by atoms with Gasteiger partial charge in [-0.1, -0.05) is 19.8 Å². The van der Waals surface area contributed by atoms with E-state index < -0.39 is 0 Å². The number of hydrogen-bond donors (Lipinski definition) is 2. The third-order valence-corrected chi connectivity index (χ3v) is 4.27. The molecule has 1 aliphatic carbocycles. The van der Waals surface area contributed by atoms with Crippen molar-refractivity contribution in [3.63, 3.8) is 0 Å². The molecule has 2 aliphatic rings. The van der Waals surface area contributed by atoms with Crippen LogP contribution in [0.2, 0.25) is 0 Å². The van der Waals surface area contributed by atoms with E-state index in [1.807, 2.05) is 0 Å². The minimum Gasteiger partial charge on any atom is -0.393 e. The molecule has 3 heteroatoms. The topological polar surface area (TPSA) is 41.5 Å². The molecule has 16 heavy (non-hydrogen) atoms. The molecule has 1 aliphatic heterocycles. The number of nitrogens with one attached hydrogen (secondary N) is 1. The van der Waals surface area contributed by atoms with E-state index >= 15 is 0 Å². The van der Waals surface area contributed by atoms with Crippen LogP contribution in [0.15, 0.2) is 0 Å². The molecule has 1 saturated carbocycles. The van der Waals surface area contributed by atoms with Crippen LogP contribution in [0.3, 0.4) is 0 Å². The zero-order valence-corrected chi connectivity index (χ0v) is 10.4. The lowest BCUT2D eigenvalue weighted by atomic mass is 9.73. The van der Waals surface area contributed by atoms with Gasteiger partial charge in [-0.05, 0) is 25.2 Å². The summed E-state index contributed by atoms with van der Waals surface area (Å²) in [7, 11) is 0. The molecule has 0 aromatic heterocycles. The van der Waals surface area contributed by atoms with E-state index in [9.17, 15) is 5.11 Å². The van der Waals surface area contributed by atoms with Crippen molar-refractivity contribution >= 4 is 0 Å². The van der Waals surface area contributed by atoms with Gasteiger partial charge < -0.3 is 15.2 Å². The fourth-order valence-corrected chi connectivity index (χ4v) is 2.89. The normalized spacial score (nSPS) is 40.1. The van der Waals surface area contributed by atoms with Gasteiger partial charge in [-0.15, -0.1) is 0 Å². The fraction of sp³-hybridized carbons (Fsp3) is 1.00. The lowest BCUT2D eigenvalue weighted by Gasteiger charge is -2.38. The summed E-state index contributed by atoms with van der Waals surface area (Å²) in [6.07, 6.45) is 5.66. The molecular weight excluding hydrogens is 202 g/mol. The molecule has 3 nitrogen and oxygen atoms in total. The maximum atomic E-state index is 10.1. The number of aliphatic hydroxyl groups excluding tert-OH is 1. The summed E-state index contributed by atoms with van der Waals surface area (Å²) in [4.78, 5) is 0. The Kier molecular flexibility index (Phi) is 4.22. The summed E-state index contributed by atoms with van der Waals surface area (Å²) in [6.45, 7) is 6.04. The summed E-state index contributed by atoms with van der Waals surface area (Å²) < 4.78 is 5.36. The van der Waals surface area contributed by atoms with E-state index in [1.54, 1.807) is 0 Å². The number of rotatable bonds is 4. The summed E-state index contributed by atoms with van der Waals surface area (Å²) in [5.41, 5.74) is 0.0950. The van der Waals surface area contributed by atoms with E-state index in [1.165, 1.54) is 19.3 Å². The standard InChI is InChI=1S/C13H25NO2/c1-13(6-3-2-4-12(13)15)10-14-8-11-5-7-16-9-11/h11-12,14-15H,2-10H2,1H3. The summed E-state index contributed by atoms with van der Waals surface area (Å²) in [5, 5.41) is 13.6. The summed E-state index contributed by atoms with van der Waals surface area (Å²) in [6, 6.07) is 0. The van der Waals surface area contributed by atoms with Crippen molar-refractivity contribution in [1.29, 1.82) is 0 Å². The highest BCUT2D eigenvalue weighted by molar-refractivity contribution is 4.88. The Morgan fingerprint density at radius 2 is 2.25 bits per heavy atom. The van der Waals surface area contributed by atoms with Gasteiger partial charge in [0.25, 0.3) is 0 Å². The minimum atomic E-state index is -0.117. The van der Waals surface area contributed by atoms with Gasteiger partial charge in [0.05, 0.1) is 12.7 Å². The molecular formula is C13H25NO2. The Bertz CT molecular complexity index is 216. The Labute approximate surface area is 98.6 Å². The van der Waals surface area contributed by atoms with Crippen LogP contribution >= 0.6 is 0 Å². The zero-order valence-electron chi connectivity index (χ0n) is 10.4. The van der Waals surface area contributed by atoms with Crippen LogP contribution in [0, 0.1) is 11.3 Å². The summed E-state index contributed by atoms with van der Waals surface area (Å²) >= 11 is 0. The highest BCUT2D eigenvalue weighted by Crippen LogP contribution is 2.35. The van der Waals surface area contributed by atoms with Gasteiger partial charge in [0, 0.05) is 25.1 Å². The highest BCUT2D eigenvalue weighted by atomic mass is 16.5. The molecule has 2 N–H and O–H groups in total. The van der Waals surface area contributed by atoms with E-state index in [2.05, 4.69) is 12.2 Å². The van der Waals surface area contributed by atoms with Gasteiger partial charge >= 0.3 is 0 Å². The molecule has 2 rings (SSSR count). The number of ether oxygens (including phenoxy) is 1. The van der Waals surface area contributed by atoms with Crippen LogP contribution < -0.4 is 5.32 Å². The van der Waals surface area contributed by atoms with Crippen molar-refractivity contribution in [1.82, 2.24) is 5.32 Å². The average molecular weight is 227 g/mol. The van der Waals surface area contributed by atoms with Crippen LogP contribution in [-0.4, -0.2) is 37.5 Å². The van der Waals surface area contributed by atoms with Crippen molar-refractivity contribution < 1.29 is 9.84 Å². The van der Waals surface area contributed by atoms with Crippen molar-refractivity contribution in [2.75, 3.05) is 26.3 Å². The maximum absolute atomic E-state index is 10.1. The monoisotopic (exact) mass is 227 g/mol. The van der Waals surface area contributed by atoms with Crippen molar-refractivity contribution in [2.45, 2.75) is 45.1 Å². The number of aliphatic hydroxyl groups is 1. The summed E-state index contributed by atoms with van der Waals surface area (Å²) in [5.74, 6) is 0.685. The lowest BCUT2D eigenvalue weighted by Crippen LogP contribution is -2.44. The van der Waals surface area contributed by atoms with Gasteiger partial charge in [0.15, 0.2) is 0 Å². The van der Waals surface area contributed by atoms with E-state index in [4.69, 9.17) is 4.74 Å². The molecule has 3 atom stereocenters. The molecule has 0 bridgehead atoms. The fourth-order valence-electron chi connectivity index (χ4n) is 2.89. The second-order valence-electron chi connectivity index (χ2n) is 5.78. The predicted molar refractivity (Wildman–Crippen MR) is 64.4 cm³/mol. The number of hydrogen-bond acceptors (Lipinski definition) is 3. The van der Waals surface area contributed by atoms with Crippen LogP contribution in [0.1, 0.15) is 39.0 Å². The minimum absolute atomic E-state index is 0.0950. The smallest absolute Gasteiger partial charge is 0.0605 e. The molecule has 0 aromatic rings. The first kappa shape index (κ1) is 12.3. The van der Waals surface area contributed by atoms with Crippen LogP contribution in [0.4, 0.5) is 0 Å². The van der Waals surface area contributed by atoms with Crippen LogP contribution in [0.5, 0.6) is 0 Å². The third-order valence-electron chi connectivity index (χ3n) is 4.27. The molecule has 0 amide bonds. The van der Waals surface area contributed by atoms with Crippen LogP contribution in [-0.2, 0) is 4.74 Å². The zero-order chi connectivity index (χ0) is 11.4. The lowest BCUT2D eigenvalue weighted by molar-refractivity contribution is 0.000867. The van der Waals surface area contributed by atoms with Gasteiger partial charge in [0.2, 0.25) is 0 Å². The SMILES string of the molecule is CC1(CNCC2CCOC2)CCCCC1O. The molecule has 2 fully saturated rings. The quantitative estimate of drug-likeness (QED) is 0.766. The van der Waals surface area contributed by atoms with Crippen molar-refractivity contribution in [3.05, 3.63) is 0 Å². The average Bonchev–Trinajstić information content (AvgIpc) is 2.76. The molecule has 1 heterocycles. The predicted octanol–water partition coefficient (Wildman–Crippen LogP) is 1.55. The Morgan fingerprint density at radius 3 is 2.94 bits per heavy atom. The van der Waals surface area contributed by atoms with Gasteiger partial charge in [-0.25, -0.2) is 0 Å². The van der Waals surface area contributed by atoms with Crippen molar-refractivity contribution in [3.8, 4) is 0 Å². The Balaban J connectivity index is 1.70.